The van der Waals surface area contributed by atoms with Crippen molar-refractivity contribution >= 4 is 42.0 Å². The number of imide groups is 1. The Morgan fingerprint density at radius 2 is 0.981 bits per heavy atom. The molecule has 7 aliphatic carbocycles. The van der Waals surface area contributed by atoms with E-state index in [1.807, 2.05) is 48.5 Å². The zero-order chi connectivity index (χ0) is 72.8. The zero-order valence-electron chi connectivity index (χ0n) is 61.4. The summed E-state index contributed by atoms with van der Waals surface area (Å²) in [6.07, 6.45) is 11.2. The molecule has 1 aliphatic heterocycles. The van der Waals surface area contributed by atoms with Gasteiger partial charge in [-0.15, -0.1) is 5.06 Å². The largest absolute Gasteiger partial charge is 0.449 e. The van der Waals surface area contributed by atoms with E-state index in [1.54, 1.807) is 0 Å². The lowest BCUT2D eigenvalue weighted by Crippen LogP contribution is -2.61. The number of carbonyl (C=O) groups is 7. The van der Waals surface area contributed by atoms with E-state index >= 15 is 0 Å². The highest BCUT2D eigenvalue weighted by Crippen LogP contribution is 2.71. The van der Waals surface area contributed by atoms with E-state index in [0.29, 0.717) is 93.3 Å². The molecule has 18 nitrogen and oxygen atoms in total. The minimum Gasteiger partial charge on any atom is -0.449 e. The van der Waals surface area contributed by atoms with Gasteiger partial charge < -0.3 is 49.4 Å². The number of benzene rings is 6. The fourth-order valence-corrected chi connectivity index (χ4v) is 20.8. The van der Waals surface area contributed by atoms with Gasteiger partial charge in [-0.1, -0.05) is 179 Å². The Morgan fingerprint density at radius 3 is 1.45 bits per heavy atom. The number of fused-ring (bicyclic) bond motifs is 14. The Balaban J connectivity index is 0.643. The predicted molar refractivity (Wildman–Crippen MR) is 399 cm³/mol. The van der Waals surface area contributed by atoms with Crippen molar-refractivity contribution < 1.29 is 62.1 Å². The molecular weight excluding hydrogens is 1320 g/mol. The summed E-state index contributed by atoms with van der Waals surface area (Å²) in [7, 11) is 0. The Labute approximate surface area is 617 Å². The number of hydrogen-bond donors (Lipinski definition) is 3. The number of unbranched alkanes of at least 4 members (excludes halogenated alkanes) is 1. The van der Waals surface area contributed by atoms with Gasteiger partial charge in [-0.2, -0.15) is 0 Å². The number of amides is 6. The van der Waals surface area contributed by atoms with Gasteiger partial charge in [0.1, 0.15) is 26.4 Å². The smallest absolute Gasteiger partial charge is 0.407 e. The second-order valence-electron chi connectivity index (χ2n) is 31.5. The summed E-state index contributed by atoms with van der Waals surface area (Å²) >= 11 is 0. The maximum atomic E-state index is 13.5. The molecule has 14 rings (SSSR count). The number of alkyl carbamates (subject to hydrolysis) is 3. The SMILES string of the molecule is CC(=O)N(CCC[C@@H](C)[C@H]1CC[C@H]2C3[C@H](CCCCNC(=O)OCC4c5ccccc5-c5ccccc54)CC4C[C@H](OCCCNC(=O)OCC5c6ccccc6-c6ccccc65)CC[C@]4(C)[C@H]3C[C@H](OCCCNC(=O)OCC3c4ccccc4-c4ccccc43)[C@]12C)CC(=O)ON1C(=O)CCC1=O. The number of hydrogen-bond acceptors (Lipinski definition) is 13. The second kappa shape index (κ2) is 32.5. The molecule has 1 saturated heterocycles. The summed E-state index contributed by atoms with van der Waals surface area (Å²) < 4.78 is 32.1. The van der Waals surface area contributed by atoms with Crippen LogP contribution in [0.25, 0.3) is 33.4 Å². The average Bonchev–Trinajstić information content (AvgIpc) is 1.66. The minimum atomic E-state index is -0.832. The molecule has 2 unspecified atom stereocenters. The quantitative estimate of drug-likeness (QED) is 0.0226. The van der Waals surface area contributed by atoms with Crippen LogP contribution in [0.15, 0.2) is 146 Å². The fourth-order valence-electron chi connectivity index (χ4n) is 20.8. The lowest BCUT2D eigenvalue weighted by Gasteiger charge is -2.65. The summed E-state index contributed by atoms with van der Waals surface area (Å²) in [5.74, 6) is 0.130. The molecule has 5 fully saturated rings. The molecule has 0 radical (unpaired) electrons. The van der Waals surface area contributed by atoms with Crippen LogP contribution in [0.1, 0.15) is 182 Å². The first-order valence-corrected chi connectivity index (χ1v) is 38.9. The molecular formula is C87H103N5O13. The summed E-state index contributed by atoms with van der Waals surface area (Å²) in [6, 6.07) is 50.1. The van der Waals surface area contributed by atoms with E-state index in [2.05, 4.69) is 134 Å². The van der Waals surface area contributed by atoms with E-state index in [4.69, 9.17) is 28.5 Å². The van der Waals surface area contributed by atoms with Crippen LogP contribution in [0.3, 0.4) is 0 Å². The number of carbonyl (C=O) groups excluding carboxylic acids is 7. The first-order valence-electron chi connectivity index (χ1n) is 38.9. The van der Waals surface area contributed by atoms with E-state index in [9.17, 15) is 33.6 Å². The van der Waals surface area contributed by atoms with E-state index < -0.39 is 36.1 Å². The average molecular weight is 1430 g/mol. The molecule has 6 aromatic carbocycles. The van der Waals surface area contributed by atoms with Crippen molar-refractivity contribution in [2.45, 2.75) is 160 Å². The number of rotatable bonds is 29. The van der Waals surface area contributed by atoms with Gasteiger partial charge in [-0.25, -0.2) is 19.2 Å². The van der Waals surface area contributed by atoms with Crippen molar-refractivity contribution in [1.29, 1.82) is 0 Å². The first kappa shape index (κ1) is 73.0. The number of ether oxygens (including phenoxy) is 5. The number of hydroxylamine groups is 2. The van der Waals surface area contributed by atoms with Crippen molar-refractivity contribution in [2.75, 3.05) is 65.8 Å². The van der Waals surface area contributed by atoms with Gasteiger partial charge in [0.05, 0.1) is 12.2 Å². The molecule has 0 spiro atoms. The predicted octanol–water partition coefficient (Wildman–Crippen LogP) is 15.7. The first-order chi connectivity index (χ1) is 51.1. The van der Waals surface area contributed by atoms with Crippen LogP contribution in [-0.4, -0.2) is 130 Å². The normalized spacial score (nSPS) is 24.9. The molecule has 18 heteroatoms. The van der Waals surface area contributed by atoms with Crippen LogP contribution in [0, 0.1) is 52.3 Å². The third-order valence-corrected chi connectivity index (χ3v) is 25.8. The third kappa shape index (κ3) is 15.3. The molecule has 105 heavy (non-hydrogen) atoms. The summed E-state index contributed by atoms with van der Waals surface area (Å²) in [4.78, 5) is 97.6. The Hall–Kier alpha value is -8.87. The van der Waals surface area contributed by atoms with Crippen molar-refractivity contribution in [1.82, 2.24) is 25.9 Å². The zero-order valence-corrected chi connectivity index (χ0v) is 61.4. The molecule has 11 atom stereocenters. The van der Waals surface area contributed by atoms with Gasteiger partial charge in [0.2, 0.25) is 5.91 Å². The fraction of sp³-hybridized carbons (Fsp3) is 0.506. The Kier molecular flexibility index (Phi) is 22.6. The summed E-state index contributed by atoms with van der Waals surface area (Å²) in [5.41, 5.74) is 13.9. The molecule has 4 saturated carbocycles. The Morgan fingerprint density at radius 1 is 0.533 bits per heavy atom. The third-order valence-electron chi connectivity index (χ3n) is 25.8. The summed E-state index contributed by atoms with van der Waals surface area (Å²) in [6.45, 7) is 11.9. The molecule has 0 aromatic heterocycles. The van der Waals surface area contributed by atoms with Gasteiger partial charge in [-0.3, -0.25) is 14.4 Å². The molecule has 0 bridgehead atoms. The van der Waals surface area contributed by atoms with Crippen molar-refractivity contribution in [3.63, 3.8) is 0 Å². The lowest BCUT2D eigenvalue weighted by molar-refractivity contribution is -0.208. The molecule has 6 aromatic rings. The lowest BCUT2D eigenvalue weighted by atomic mass is 9.41. The van der Waals surface area contributed by atoms with Crippen LogP contribution in [-0.2, 0) is 47.7 Å². The van der Waals surface area contributed by atoms with Crippen molar-refractivity contribution in [3.8, 4) is 33.4 Å². The van der Waals surface area contributed by atoms with Gasteiger partial charge >= 0.3 is 24.2 Å². The highest BCUT2D eigenvalue weighted by Gasteiger charge is 2.66. The molecule has 6 amide bonds. The monoisotopic (exact) mass is 1430 g/mol. The molecule has 3 N–H and O–H groups in total. The van der Waals surface area contributed by atoms with Gasteiger partial charge in [-0.05, 0) is 196 Å². The molecule has 8 aliphatic rings. The van der Waals surface area contributed by atoms with Crippen LogP contribution in [0.5, 0.6) is 0 Å². The minimum absolute atomic E-state index is 0.0146. The van der Waals surface area contributed by atoms with E-state index in [1.165, 1.54) is 67.5 Å². The molecule has 554 valence electrons. The van der Waals surface area contributed by atoms with Crippen LogP contribution in [0.2, 0.25) is 0 Å². The standard InChI is InChI=1S/C87H103N5O13/c1-55(22-19-45-91(56(2)93)51-81(96)105-92-79(94)38-39-80(92)95)75-36-37-76-82-57(23-17-18-42-88-83(97)102-52-72-66-30-11-5-24-60(66)61-25-6-12-31-67(61)72)48-58-49-59(100-46-20-43-89-84(98)103-53-73-68-32-13-7-26-62(68)63-27-8-14-33-69(63)73)40-41-86(58,3)77(82)50-78(87(75,76)4)101-47-21-44-90-85(99)104-54-74-70-34-15-9-28-64(70)65-29-10-16-35-71(65)74/h5-16,24-35,55,57-59,72-78,82H,17-23,36-54H2,1-4H3,(H,88,97)(H,89,98)(H,90,99)/t55-,57-,58?,59-,75-,76+,77+,78+,82?,86+,87-/m1/s1. The maximum absolute atomic E-state index is 13.5. The topological polar surface area (TPSA) is 217 Å². The number of nitrogens with zero attached hydrogens (tertiary/aromatic N) is 2. The van der Waals surface area contributed by atoms with Crippen LogP contribution < -0.4 is 16.0 Å². The second-order valence-corrected chi connectivity index (χ2v) is 31.5. The van der Waals surface area contributed by atoms with Crippen molar-refractivity contribution in [3.05, 3.63) is 179 Å². The van der Waals surface area contributed by atoms with Crippen molar-refractivity contribution in [2.24, 2.45) is 52.3 Å². The number of nitrogens with one attached hydrogen (secondary N) is 3. The van der Waals surface area contributed by atoms with Crippen LogP contribution >= 0.6 is 0 Å². The summed E-state index contributed by atoms with van der Waals surface area (Å²) in [5, 5.41) is 9.71. The van der Waals surface area contributed by atoms with E-state index in [0.717, 1.165) is 81.8 Å². The van der Waals surface area contributed by atoms with Gasteiger partial charge in [0, 0.05) is 76.9 Å². The Bertz CT molecular complexity index is 4010. The maximum Gasteiger partial charge on any atom is 0.407 e. The van der Waals surface area contributed by atoms with Gasteiger partial charge in [0.25, 0.3) is 11.8 Å². The van der Waals surface area contributed by atoms with Gasteiger partial charge in [0.15, 0.2) is 0 Å². The highest BCUT2D eigenvalue weighted by atomic mass is 16.7. The molecule has 1 heterocycles. The van der Waals surface area contributed by atoms with E-state index in [-0.39, 0.29) is 97.7 Å². The highest BCUT2D eigenvalue weighted by molar-refractivity contribution is 6.01. The van der Waals surface area contributed by atoms with Crippen LogP contribution in [0.4, 0.5) is 14.4 Å².